The minimum Gasteiger partial charge on any atom is -0.481 e. The fourth-order valence-electron chi connectivity index (χ4n) is 4.62. The molecule has 0 aliphatic rings. The van der Waals surface area contributed by atoms with Crippen LogP contribution in [-0.2, 0) is 4.79 Å². The van der Waals surface area contributed by atoms with Crippen molar-refractivity contribution in [2.75, 3.05) is 6.61 Å². The molecule has 0 aromatic rings. The first kappa shape index (κ1) is 28.4. The Hall–Kier alpha value is -0.570. The lowest BCUT2D eigenvalue weighted by atomic mass is 9.80. The van der Waals surface area contributed by atoms with E-state index in [-0.39, 0.29) is 0 Å². The van der Waals surface area contributed by atoms with Crippen molar-refractivity contribution >= 4 is 5.97 Å². The molecule has 0 aromatic heterocycles. The summed E-state index contributed by atoms with van der Waals surface area (Å²) >= 11 is 0. The molecule has 0 bridgehead atoms. The first-order valence-corrected chi connectivity index (χ1v) is 13.0. The summed E-state index contributed by atoms with van der Waals surface area (Å²) in [5, 5.41) is 18.1. The predicted molar refractivity (Wildman–Crippen MR) is 125 cm³/mol. The normalized spacial score (nSPS) is 13.5. The van der Waals surface area contributed by atoms with Crippen molar-refractivity contribution in [1.29, 1.82) is 0 Å². The maximum Gasteiger partial charge on any atom is 0.303 e. The molecule has 0 aromatic carbocycles. The molecule has 0 rings (SSSR count). The molecule has 0 radical (unpaired) electrons. The predicted octanol–water partition coefficient (Wildman–Crippen LogP) is 8.14. The van der Waals surface area contributed by atoms with Crippen LogP contribution in [0, 0.1) is 11.8 Å². The Morgan fingerprint density at radius 2 is 1.03 bits per heavy atom. The lowest BCUT2D eigenvalue weighted by Crippen LogP contribution is -2.18. The molecule has 174 valence electrons. The van der Waals surface area contributed by atoms with Crippen molar-refractivity contribution in [1.82, 2.24) is 0 Å². The number of aliphatic hydroxyl groups is 1. The van der Waals surface area contributed by atoms with Crippen LogP contribution in [0.2, 0.25) is 0 Å². The van der Waals surface area contributed by atoms with E-state index in [1.54, 1.807) is 0 Å². The molecule has 0 heterocycles. The third kappa shape index (κ3) is 19.2. The van der Waals surface area contributed by atoms with Gasteiger partial charge in [0, 0.05) is 13.0 Å². The summed E-state index contributed by atoms with van der Waals surface area (Å²) in [6.45, 7) is 4.82. The molecule has 0 saturated carbocycles. The fraction of sp³-hybridized carbons (Fsp3) is 0.962. The SMILES string of the molecule is CCCCCC(CC)C(CCCCCCCCCCCCCCCO)CC(=O)O. The van der Waals surface area contributed by atoms with Crippen molar-refractivity contribution in [3.8, 4) is 0 Å². The standard InChI is InChI=1S/C26H52O3/c1-3-5-17-20-24(4-2)25(23-26(28)29)21-18-15-13-11-9-7-6-8-10-12-14-16-19-22-27/h24-25,27H,3-23H2,1-2H3,(H,28,29). The van der Waals surface area contributed by atoms with Crippen LogP contribution in [0.4, 0.5) is 0 Å². The zero-order valence-corrected chi connectivity index (χ0v) is 19.8. The van der Waals surface area contributed by atoms with Gasteiger partial charge in [-0.3, -0.25) is 4.79 Å². The van der Waals surface area contributed by atoms with E-state index in [4.69, 9.17) is 5.11 Å². The van der Waals surface area contributed by atoms with Gasteiger partial charge in [-0.05, 0) is 24.7 Å². The van der Waals surface area contributed by atoms with Gasteiger partial charge in [0.05, 0.1) is 0 Å². The lowest BCUT2D eigenvalue weighted by molar-refractivity contribution is -0.138. The zero-order valence-electron chi connectivity index (χ0n) is 19.8. The number of unbranched alkanes of at least 4 members (excludes halogenated alkanes) is 14. The van der Waals surface area contributed by atoms with Gasteiger partial charge in [-0.1, -0.05) is 123 Å². The number of carboxylic acid groups (broad SMARTS) is 1. The second-order valence-electron chi connectivity index (χ2n) is 9.13. The molecule has 0 aliphatic heterocycles. The molecule has 3 nitrogen and oxygen atoms in total. The Kier molecular flexibility index (Phi) is 21.7. The van der Waals surface area contributed by atoms with Crippen LogP contribution in [0.5, 0.6) is 0 Å². The van der Waals surface area contributed by atoms with E-state index in [0.29, 0.717) is 24.9 Å². The quantitative estimate of drug-likeness (QED) is 0.166. The maximum absolute atomic E-state index is 11.3. The molecule has 2 unspecified atom stereocenters. The van der Waals surface area contributed by atoms with E-state index in [1.165, 1.54) is 103 Å². The summed E-state index contributed by atoms with van der Waals surface area (Å²) in [5.74, 6) is 0.366. The number of rotatable bonds is 23. The number of hydrogen-bond acceptors (Lipinski definition) is 2. The third-order valence-corrected chi connectivity index (χ3v) is 6.54. The first-order valence-electron chi connectivity index (χ1n) is 13.0. The van der Waals surface area contributed by atoms with Gasteiger partial charge in [0.2, 0.25) is 0 Å². The summed E-state index contributed by atoms with van der Waals surface area (Å²) in [6.07, 6.45) is 24.3. The molecule has 0 amide bonds. The molecule has 0 fully saturated rings. The van der Waals surface area contributed by atoms with Gasteiger partial charge in [0.1, 0.15) is 0 Å². The Morgan fingerprint density at radius 3 is 1.45 bits per heavy atom. The van der Waals surface area contributed by atoms with Crippen molar-refractivity contribution in [2.45, 2.75) is 142 Å². The highest BCUT2D eigenvalue weighted by atomic mass is 16.4. The van der Waals surface area contributed by atoms with Crippen molar-refractivity contribution in [3.05, 3.63) is 0 Å². The van der Waals surface area contributed by atoms with Crippen LogP contribution in [0.3, 0.4) is 0 Å². The maximum atomic E-state index is 11.3. The van der Waals surface area contributed by atoms with Crippen LogP contribution in [0.25, 0.3) is 0 Å². The Morgan fingerprint density at radius 1 is 0.621 bits per heavy atom. The van der Waals surface area contributed by atoms with Gasteiger partial charge in [-0.2, -0.15) is 0 Å². The third-order valence-electron chi connectivity index (χ3n) is 6.54. The molecular formula is C26H52O3. The van der Waals surface area contributed by atoms with E-state index >= 15 is 0 Å². The largest absolute Gasteiger partial charge is 0.481 e. The van der Waals surface area contributed by atoms with E-state index in [0.717, 1.165) is 19.3 Å². The molecule has 0 aliphatic carbocycles. The van der Waals surface area contributed by atoms with Crippen LogP contribution in [-0.4, -0.2) is 22.8 Å². The van der Waals surface area contributed by atoms with Gasteiger partial charge in [-0.15, -0.1) is 0 Å². The van der Waals surface area contributed by atoms with E-state index in [9.17, 15) is 9.90 Å². The Bertz CT molecular complexity index is 343. The highest BCUT2D eigenvalue weighted by Gasteiger charge is 2.22. The van der Waals surface area contributed by atoms with Gasteiger partial charge in [-0.25, -0.2) is 0 Å². The number of carbonyl (C=O) groups is 1. The molecule has 0 spiro atoms. The van der Waals surface area contributed by atoms with Gasteiger partial charge in [0.25, 0.3) is 0 Å². The van der Waals surface area contributed by atoms with E-state index in [1.807, 2.05) is 0 Å². The van der Waals surface area contributed by atoms with Crippen LogP contribution < -0.4 is 0 Å². The number of hydrogen-bond donors (Lipinski definition) is 2. The van der Waals surface area contributed by atoms with Crippen molar-refractivity contribution in [2.24, 2.45) is 11.8 Å². The zero-order chi connectivity index (χ0) is 21.6. The molecule has 2 atom stereocenters. The minimum absolute atomic E-state index is 0.346. The Balaban J connectivity index is 3.70. The molecule has 29 heavy (non-hydrogen) atoms. The molecule has 2 N–H and O–H groups in total. The van der Waals surface area contributed by atoms with Gasteiger partial charge in [0.15, 0.2) is 0 Å². The van der Waals surface area contributed by atoms with Crippen molar-refractivity contribution < 1.29 is 15.0 Å². The Labute approximate surface area is 182 Å². The average Bonchev–Trinajstić information content (AvgIpc) is 2.70. The lowest BCUT2D eigenvalue weighted by Gasteiger charge is -2.25. The monoisotopic (exact) mass is 412 g/mol. The summed E-state index contributed by atoms with van der Waals surface area (Å²) in [7, 11) is 0. The second kappa shape index (κ2) is 22.1. The molecule has 3 heteroatoms. The summed E-state index contributed by atoms with van der Waals surface area (Å²) in [4.78, 5) is 11.3. The summed E-state index contributed by atoms with van der Waals surface area (Å²) in [5.41, 5.74) is 0. The minimum atomic E-state index is -0.614. The van der Waals surface area contributed by atoms with Crippen molar-refractivity contribution in [3.63, 3.8) is 0 Å². The number of aliphatic hydroxyl groups excluding tert-OH is 1. The van der Waals surface area contributed by atoms with Gasteiger partial charge < -0.3 is 10.2 Å². The topological polar surface area (TPSA) is 57.5 Å². The van der Waals surface area contributed by atoms with E-state index < -0.39 is 5.97 Å². The van der Waals surface area contributed by atoms with Crippen LogP contribution in [0.1, 0.15) is 142 Å². The second-order valence-corrected chi connectivity index (χ2v) is 9.13. The average molecular weight is 413 g/mol. The number of aliphatic carboxylic acids is 1. The molecular weight excluding hydrogens is 360 g/mol. The summed E-state index contributed by atoms with van der Waals surface area (Å²) in [6, 6.07) is 0. The number of carboxylic acids is 1. The van der Waals surface area contributed by atoms with Gasteiger partial charge >= 0.3 is 5.97 Å². The molecule has 0 saturated heterocycles. The van der Waals surface area contributed by atoms with Crippen LogP contribution in [0.15, 0.2) is 0 Å². The smallest absolute Gasteiger partial charge is 0.303 e. The highest BCUT2D eigenvalue weighted by molar-refractivity contribution is 5.67. The van der Waals surface area contributed by atoms with E-state index in [2.05, 4.69) is 13.8 Å². The fourth-order valence-corrected chi connectivity index (χ4v) is 4.62. The van der Waals surface area contributed by atoms with Crippen LogP contribution >= 0.6 is 0 Å². The summed E-state index contributed by atoms with van der Waals surface area (Å²) < 4.78 is 0. The highest BCUT2D eigenvalue weighted by Crippen LogP contribution is 2.30. The first-order chi connectivity index (χ1) is 14.2.